The highest BCUT2D eigenvalue weighted by Gasteiger charge is 2.38. The summed E-state index contributed by atoms with van der Waals surface area (Å²) in [6, 6.07) is 21.2. The van der Waals surface area contributed by atoms with Gasteiger partial charge in [0.15, 0.2) is 0 Å². The molecule has 0 aromatic heterocycles. The molecule has 0 N–H and O–H groups in total. The number of nitrogens with zero attached hydrogens (tertiary/aromatic N) is 3. The second-order valence-electron chi connectivity index (χ2n) is 9.83. The van der Waals surface area contributed by atoms with Crippen molar-refractivity contribution in [2.45, 2.75) is 12.1 Å². The number of halogens is 4. The fourth-order valence-electron chi connectivity index (χ4n) is 5.51. The van der Waals surface area contributed by atoms with Crippen LogP contribution in [0.3, 0.4) is 0 Å². The lowest BCUT2D eigenvalue weighted by Gasteiger charge is -2.37. The van der Waals surface area contributed by atoms with Crippen molar-refractivity contribution >= 4 is 11.6 Å². The molecule has 2 fully saturated rings. The lowest BCUT2D eigenvalue weighted by molar-refractivity contribution is -0.137. The van der Waals surface area contributed by atoms with Crippen molar-refractivity contribution in [2.75, 3.05) is 50.7 Å². The van der Waals surface area contributed by atoms with E-state index in [1.54, 1.807) is 11.0 Å². The van der Waals surface area contributed by atoms with Gasteiger partial charge in [0.1, 0.15) is 5.82 Å². The zero-order valence-corrected chi connectivity index (χ0v) is 20.4. The first-order valence-electron chi connectivity index (χ1n) is 12.5. The Morgan fingerprint density at radius 1 is 0.838 bits per heavy atom. The smallest absolute Gasteiger partial charge is 0.369 e. The summed E-state index contributed by atoms with van der Waals surface area (Å²) >= 11 is 0. The number of alkyl halides is 3. The van der Waals surface area contributed by atoms with E-state index in [4.69, 9.17) is 0 Å². The number of likely N-dealkylation sites (tertiary alicyclic amines) is 1. The van der Waals surface area contributed by atoms with Crippen molar-refractivity contribution in [1.82, 2.24) is 9.80 Å². The number of hydrogen-bond acceptors (Lipinski definition) is 3. The van der Waals surface area contributed by atoms with E-state index in [0.29, 0.717) is 13.1 Å². The number of hydrogen-bond donors (Lipinski definition) is 0. The third kappa shape index (κ3) is 5.80. The molecular weight excluding hydrogens is 482 g/mol. The summed E-state index contributed by atoms with van der Waals surface area (Å²) in [4.78, 5) is 19.6. The van der Waals surface area contributed by atoms with Gasteiger partial charge in [-0.3, -0.25) is 9.69 Å². The van der Waals surface area contributed by atoms with Gasteiger partial charge >= 0.3 is 6.18 Å². The van der Waals surface area contributed by atoms with Gasteiger partial charge < -0.3 is 9.80 Å². The molecule has 0 aliphatic carbocycles. The summed E-state index contributed by atoms with van der Waals surface area (Å²) in [5.74, 6) is -0.822. The molecule has 1 amide bonds. The molecule has 2 atom stereocenters. The first-order chi connectivity index (χ1) is 17.8. The number of benzene rings is 3. The average Bonchev–Trinajstić information content (AvgIpc) is 3.32. The standard InChI is InChI=1S/C29H29F4N3O/c30-25-9-5-6-21(17-25)27-20-36(28(37)22-7-4-8-24(16-22)29(31,32)33)19-23(27)18-34-12-14-35(15-13-34)26-10-2-1-3-11-26/h1-11,16-17,23,27H,12-15,18-20H2/t23-,27-/m1/s1. The summed E-state index contributed by atoms with van der Waals surface area (Å²) in [5.41, 5.74) is 1.18. The molecule has 37 heavy (non-hydrogen) atoms. The molecule has 3 aromatic rings. The molecule has 0 spiro atoms. The van der Waals surface area contributed by atoms with Crippen LogP contribution in [0.4, 0.5) is 23.2 Å². The molecule has 2 saturated heterocycles. The van der Waals surface area contributed by atoms with Gasteiger partial charge in [-0.1, -0.05) is 36.4 Å². The van der Waals surface area contributed by atoms with Crippen LogP contribution < -0.4 is 4.90 Å². The first-order valence-corrected chi connectivity index (χ1v) is 12.5. The van der Waals surface area contributed by atoms with Gasteiger partial charge in [-0.2, -0.15) is 13.2 Å². The lowest BCUT2D eigenvalue weighted by atomic mass is 9.88. The fourth-order valence-corrected chi connectivity index (χ4v) is 5.51. The Morgan fingerprint density at radius 3 is 2.27 bits per heavy atom. The fraction of sp³-hybridized carbons (Fsp3) is 0.345. The molecule has 4 nitrogen and oxygen atoms in total. The molecule has 194 valence electrons. The number of piperazine rings is 1. The van der Waals surface area contributed by atoms with Crippen LogP contribution in [0.25, 0.3) is 0 Å². The summed E-state index contributed by atoms with van der Waals surface area (Å²) in [6.45, 7) is 4.98. The molecule has 0 radical (unpaired) electrons. The number of rotatable bonds is 5. The lowest BCUT2D eigenvalue weighted by Crippen LogP contribution is -2.48. The second-order valence-corrected chi connectivity index (χ2v) is 9.83. The van der Waals surface area contributed by atoms with E-state index >= 15 is 0 Å². The summed E-state index contributed by atoms with van der Waals surface area (Å²) in [6.07, 6.45) is -4.52. The summed E-state index contributed by atoms with van der Waals surface area (Å²) in [5, 5.41) is 0. The van der Waals surface area contributed by atoms with Crippen molar-refractivity contribution in [3.05, 3.63) is 101 Å². The average molecular weight is 512 g/mol. The molecule has 0 unspecified atom stereocenters. The van der Waals surface area contributed by atoms with Crippen LogP contribution in [0, 0.1) is 11.7 Å². The van der Waals surface area contributed by atoms with Gasteiger partial charge in [0.2, 0.25) is 0 Å². The molecule has 8 heteroatoms. The highest BCUT2D eigenvalue weighted by Crippen LogP contribution is 2.36. The van der Waals surface area contributed by atoms with E-state index in [1.165, 1.54) is 30.0 Å². The van der Waals surface area contributed by atoms with E-state index in [-0.39, 0.29) is 23.2 Å². The molecule has 5 rings (SSSR count). The quantitative estimate of drug-likeness (QED) is 0.422. The van der Waals surface area contributed by atoms with Gasteiger partial charge in [0.05, 0.1) is 5.56 Å². The molecule has 0 saturated carbocycles. The molecular formula is C29H29F4N3O. The van der Waals surface area contributed by atoms with Crippen molar-refractivity contribution < 1.29 is 22.4 Å². The maximum absolute atomic E-state index is 14.1. The van der Waals surface area contributed by atoms with Gasteiger partial charge in [0, 0.05) is 63.0 Å². The van der Waals surface area contributed by atoms with E-state index in [0.717, 1.165) is 50.4 Å². The van der Waals surface area contributed by atoms with Crippen LogP contribution in [-0.2, 0) is 6.18 Å². The van der Waals surface area contributed by atoms with E-state index < -0.39 is 17.6 Å². The number of para-hydroxylation sites is 1. The maximum atomic E-state index is 14.1. The third-order valence-electron chi connectivity index (χ3n) is 7.43. The van der Waals surface area contributed by atoms with E-state index in [2.05, 4.69) is 21.9 Å². The Bertz CT molecular complexity index is 1230. The zero-order valence-electron chi connectivity index (χ0n) is 20.4. The number of amides is 1. The van der Waals surface area contributed by atoms with Crippen LogP contribution in [0.1, 0.15) is 27.4 Å². The van der Waals surface area contributed by atoms with E-state index in [9.17, 15) is 22.4 Å². The molecule has 2 aliphatic heterocycles. The Morgan fingerprint density at radius 2 is 1.57 bits per heavy atom. The topological polar surface area (TPSA) is 26.8 Å². The molecule has 2 heterocycles. The van der Waals surface area contributed by atoms with Gasteiger partial charge in [-0.05, 0) is 53.9 Å². The summed E-state index contributed by atoms with van der Waals surface area (Å²) in [7, 11) is 0. The third-order valence-corrected chi connectivity index (χ3v) is 7.43. The van der Waals surface area contributed by atoms with Crippen LogP contribution in [-0.4, -0.2) is 61.5 Å². The molecule has 0 bridgehead atoms. The highest BCUT2D eigenvalue weighted by molar-refractivity contribution is 5.94. The Balaban J connectivity index is 1.31. The Hall–Kier alpha value is -3.39. The van der Waals surface area contributed by atoms with Crippen molar-refractivity contribution in [3.63, 3.8) is 0 Å². The van der Waals surface area contributed by atoms with Crippen molar-refractivity contribution in [2.24, 2.45) is 5.92 Å². The normalized spacial score (nSPS) is 20.9. The minimum atomic E-state index is -4.52. The largest absolute Gasteiger partial charge is 0.416 e. The highest BCUT2D eigenvalue weighted by atomic mass is 19.4. The zero-order chi connectivity index (χ0) is 26.0. The van der Waals surface area contributed by atoms with Crippen molar-refractivity contribution in [1.29, 1.82) is 0 Å². The SMILES string of the molecule is O=C(c1cccc(C(F)(F)F)c1)N1C[C@@H](CN2CCN(c3ccccc3)CC2)[C@@H](c2cccc(F)c2)C1. The minimum Gasteiger partial charge on any atom is -0.369 e. The first kappa shape index (κ1) is 25.3. The van der Waals surface area contributed by atoms with Gasteiger partial charge in [-0.15, -0.1) is 0 Å². The number of carbonyl (C=O) groups is 1. The monoisotopic (exact) mass is 511 g/mol. The Kier molecular flexibility index (Phi) is 7.20. The number of carbonyl (C=O) groups excluding carboxylic acids is 1. The number of anilines is 1. The van der Waals surface area contributed by atoms with Crippen LogP contribution in [0.15, 0.2) is 78.9 Å². The van der Waals surface area contributed by atoms with Crippen LogP contribution >= 0.6 is 0 Å². The predicted molar refractivity (Wildman–Crippen MR) is 135 cm³/mol. The van der Waals surface area contributed by atoms with Gasteiger partial charge in [-0.25, -0.2) is 4.39 Å². The predicted octanol–water partition coefficient (Wildman–Crippen LogP) is 5.52. The maximum Gasteiger partial charge on any atom is 0.416 e. The second kappa shape index (κ2) is 10.5. The molecule has 2 aliphatic rings. The Labute approximate surface area is 214 Å². The van der Waals surface area contributed by atoms with E-state index in [1.807, 2.05) is 24.3 Å². The minimum absolute atomic E-state index is 0.0185. The van der Waals surface area contributed by atoms with Gasteiger partial charge in [0.25, 0.3) is 5.91 Å². The summed E-state index contributed by atoms with van der Waals surface area (Å²) < 4.78 is 53.7. The molecule has 3 aromatic carbocycles. The van der Waals surface area contributed by atoms with Crippen LogP contribution in [0.2, 0.25) is 0 Å². The van der Waals surface area contributed by atoms with Crippen LogP contribution in [0.5, 0.6) is 0 Å². The van der Waals surface area contributed by atoms with Crippen molar-refractivity contribution in [3.8, 4) is 0 Å².